The number of ether oxygens (including phenoxy) is 1. The van der Waals surface area contributed by atoms with Gasteiger partial charge < -0.3 is 10.1 Å². The van der Waals surface area contributed by atoms with Gasteiger partial charge in [0.2, 0.25) is 0 Å². The lowest BCUT2D eigenvalue weighted by Crippen LogP contribution is -2.24. The molecule has 0 aromatic carbocycles. The molecule has 0 unspecified atom stereocenters. The summed E-state index contributed by atoms with van der Waals surface area (Å²) >= 11 is 1.64. The first-order valence-corrected chi connectivity index (χ1v) is 5.86. The summed E-state index contributed by atoms with van der Waals surface area (Å²) in [5.41, 5.74) is 0. The second kappa shape index (κ2) is 6.92. The van der Waals surface area contributed by atoms with E-state index in [1.165, 1.54) is 0 Å². The average molecular weight is 214 g/mol. The number of hydrogen-bond acceptors (Lipinski definition) is 4. The first-order chi connectivity index (χ1) is 6.79. The molecule has 80 valence electrons. The second-order valence-corrected chi connectivity index (χ2v) is 4.42. The van der Waals surface area contributed by atoms with Gasteiger partial charge in [-0.15, -0.1) is 11.3 Å². The highest BCUT2D eigenvalue weighted by atomic mass is 32.1. The number of nitrogens with zero attached hydrogens (tertiary/aromatic N) is 1. The topological polar surface area (TPSA) is 34.1 Å². The van der Waals surface area contributed by atoms with Crippen LogP contribution in [0.3, 0.4) is 0 Å². The fourth-order valence-corrected chi connectivity index (χ4v) is 1.60. The normalized spacial score (nSPS) is 11.1. The van der Waals surface area contributed by atoms with Crippen molar-refractivity contribution < 1.29 is 4.74 Å². The van der Waals surface area contributed by atoms with Crippen molar-refractivity contribution in [3.63, 3.8) is 0 Å². The van der Waals surface area contributed by atoms with E-state index in [0.29, 0.717) is 12.6 Å². The van der Waals surface area contributed by atoms with E-state index < -0.39 is 0 Å². The summed E-state index contributed by atoms with van der Waals surface area (Å²) in [6.07, 6.45) is 2.87. The van der Waals surface area contributed by atoms with Crippen LogP contribution in [-0.2, 0) is 11.3 Å². The number of hydrogen-bond donors (Lipinski definition) is 1. The third-order valence-electron chi connectivity index (χ3n) is 1.73. The predicted molar refractivity (Wildman–Crippen MR) is 59.5 cm³/mol. The van der Waals surface area contributed by atoms with Crippen LogP contribution in [0, 0.1) is 0 Å². The fourth-order valence-electron chi connectivity index (χ4n) is 1.05. The molecule has 1 heterocycles. The van der Waals surface area contributed by atoms with Crippen LogP contribution in [-0.4, -0.2) is 24.2 Å². The third kappa shape index (κ3) is 5.32. The summed E-state index contributed by atoms with van der Waals surface area (Å²) in [6, 6.07) is 0.564. The highest BCUT2D eigenvalue weighted by Gasteiger charge is 1.95. The molecule has 0 radical (unpaired) electrons. The molecule has 0 saturated carbocycles. The molecule has 1 aromatic heterocycles. The molecule has 14 heavy (non-hydrogen) atoms. The van der Waals surface area contributed by atoms with Gasteiger partial charge in [-0.05, 0) is 13.0 Å². The zero-order valence-corrected chi connectivity index (χ0v) is 9.64. The first kappa shape index (κ1) is 11.6. The smallest absolute Gasteiger partial charge is 0.118 e. The molecule has 0 spiro atoms. The van der Waals surface area contributed by atoms with E-state index in [9.17, 15) is 0 Å². The second-order valence-electron chi connectivity index (χ2n) is 3.44. The highest BCUT2D eigenvalue weighted by molar-refractivity contribution is 7.09. The maximum Gasteiger partial charge on any atom is 0.118 e. The van der Waals surface area contributed by atoms with Crippen LogP contribution in [0.25, 0.3) is 0 Å². The van der Waals surface area contributed by atoms with Gasteiger partial charge in [-0.1, -0.05) is 13.8 Å². The van der Waals surface area contributed by atoms with Crippen LogP contribution < -0.4 is 5.32 Å². The summed E-state index contributed by atoms with van der Waals surface area (Å²) in [4.78, 5) is 4.14. The minimum atomic E-state index is 0.564. The standard InChI is InChI=1S/C10H18N2OS/c1-9(2)11-4-3-6-13-8-10-12-5-7-14-10/h5,7,9,11H,3-4,6,8H2,1-2H3. The van der Waals surface area contributed by atoms with Gasteiger partial charge >= 0.3 is 0 Å². The molecule has 0 aliphatic rings. The van der Waals surface area contributed by atoms with Crippen molar-refractivity contribution in [2.75, 3.05) is 13.2 Å². The molecule has 1 rings (SSSR count). The summed E-state index contributed by atoms with van der Waals surface area (Å²) in [5.74, 6) is 0. The molecule has 0 atom stereocenters. The van der Waals surface area contributed by atoms with Crippen molar-refractivity contribution in [3.8, 4) is 0 Å². The van der Waals surface area contributed by atoms with Crippen LogP contribution in [0.1, 0.15) is 25.3 Å². The maximum atomic E-state index is 5.47. The Morgan fingerprint density at radius 2 is 2.43 bits per heavy atom. The van der Waals surface area contributed by atoms with Gasteiger partial charge in [0.15, 0.2) is 0 Å². The molecule has 0 fully saturated rings. The first-order valence-electron chi connectivity index (χ1n) is 4.98. The van der Waals surface area contributed by atoms with E-state index in [4.69, 9.17) is 4.74 Å². The molecule has 0 bridgehead atoms. The molecule has 1 aromatic rings. The van der Waals surface area contributed by atoms with E-state index in [-0.39, 0.29) is 0 Å². The minimum Gasteiger partial charge on any atom is -0.374 e. The van der Waals surface area contributed by atoms with Crippen molar-refractivity contribution in [1.82, 2.24) is 10.3 Å². The van der Waals surface area contributed by atoms with Crippen LogP contribution in [0.5, 0.6) is 0 Å². The number of aromatic nitrogens is 1. The SMILES string of the molecule is CC(C)NCCCOCc1nccs1. The molecular formula is C10H18N2OS. The minimum absolute atomic E-state index is 0.564. The molecule has 4 heteroatoms. The Morgan fingerprint density at radius 1 is 1.57 bits per heavy atom. The van der Waals surface area contributed by atoms with Crippen molar-refractivity contribution in [2.45, 2.75) is 32.9 Å². The van der Waals surface area contributed by atoms with Gasteiger partial charge in [-0.3, -0.25) is 0 Å². The summed E-state index contributed by atoms with van der Waals surface area (Å²) < 4.78 is 5.47. The molecule has 3 nitrogen and oxygen atoms in total. The van der Waals surface area contributed by atoms with Crippen molar-refractivity contribution in [3.05, 3.63) is 16.6 Å². The van der Waals surface area contributed by atoms with Gasteiger partial charge in [0.1, 0.15) is 5.01 Å². The maximum absolute atomic E-state index is 5.47. The Bertz CT molecular complexity index is 224. The number of thiazole rings is 1. The molecule has 0 saturated heterocycles. The van der Waals surface area contributed by atoms with Crippen LogP contribution >= 0.6 is 11.3 Å². The summed E-state index contributed by atoms with van der Waals surface area (Å²) in [5, 5.41) is 6.37. The molecule has 0 aliphatic carbocycles. The number of rotatable bonds is 7. The Hall–Kier alpha value is -0.450. The van der Waals surface area contributed by atoms with Gasteiger partial charge in [-0.25, -0.2) is 4.98 Å². The van der Waals surface area contributed by atoms with Crippen molar-refractivity contribution >= 4 is 11.3 Å². The largest absolute Gasteiger partial charge is 0.374 e. The Balaban J connectivity index is 1.90. The highest BCUT2D eigenvalue weighted by Crippen LogP contribution is 2.04. The summed E-state index contributed by atoms with van der Waals surface area (Å²) in [6.45, 7) is 6.78. The lowest BCUT2D eigenvalue weighted by molar-refractivity contribution is 0.118. The predicted octanol–water partition coefficient (Wildman–Crippen LogP) is 2.05. The van der Waals surface area contributed by atoms with E-state index in [2.05, 4.69) is 24.1 Å². The Kier molecular flexibility index (Phi) is 5.75. The van der Waals surface area contributed by atoms with E-state index >= 15 is 0 Å². The van der Waals surface area contributed by atoms with Crippen LogP contribution in [0.4, 0.5) is 0 Å². The quantitative estimate of drug-likeness (QED) is 0.705. The lowest BCUT2D eigenvalue weighted by Gasteiger charge is -2.07. The summed E-state index contributed by atoms with van der Waals surface area (Å²) in [7, 11) is 0. The van der Waals surface area contributed by atoms with Gasteiger partial charge in [0, 0.05) is 24.2 Å². The Labute approximate surface area is 89.5 Å². The van der Waals surface area contributed by atoms with E-state index in [0.717, 1.165) is 24.6 Å². The van der Waals surface area contributed by atoms with E-state index in [1.807, 2.05) is 11.6 Å². The van der Waals surface area contributed by atoms with Crippen molar-refractivity contribution in [2.24, 2.45) is 0 Å². The van der Waals surface area contributed by atoms with Crippen molar-refractivity contribution in [1.29, 1.82) is 0 Å². The fraction of sp³-hybridized carbons (Fsp3) is 0.700. The molecular weight excluding hydrogens is 196 g/mol. The van der Waals surface area contributed by atoms with Gasteiger partial charge in [-0.2, -0.15) is 0 Å². The Morgan fingerprint density at radius 3 is 3.07 bits per heavy atom. The van der Waals surface area contributed by atoms with E-state index in [1.54, 1.807) is 11.3 Å². The average Bonchev–Trinajstić information content (AvgIpc) is 2.63. The van der Waals surface area contributed by atoms with Gasteiger partial charge in [0.05, 0.1) is 6.61 Å². The molecule has 0 amide bonds. The van der Waals surface area contributed by atoms with Gasteiger partial charge in [0.25, 0.3) is 0 Å². The zero-order valence-electron chi connectivity index (χ0n) is 8.82. The zero-order chi connectivity index (χ0) is 10.2. The lowest BCUT2D eigenvalue weighted by atomic mass is 10.3. The molecule has 0 aliphatic heterocycles. The number of nitrogens with one attached hydrogen (secondary N) is 1. The van der Waals surface area contributed by atoms with Crippen LogP contribution in [0.15, 0.2) is 11.6 Å². The monoisotopic (exact) mass is 214 g/mol. The molecule has 1 N–H and O–H groups in total. The third-order valence-corrected chi connectivity index (χ3v) is 2.48. The van der Waals surface area contributed by atoms with Crippen LogP contribution in [0.2, 0.25) is 0 Å².